The van der Waals surface area contributed by atoms with Crippen LogP contribution in [-0.4, -0.2) is 22.6 Å². The van der Waals surface area contributed by atoms with Gasteiger partial charge in [-0.3, -0.25) is 5.32 Å². The number of benzene rings is 1. The number of rotatable bonds is 3. The average molecular weight is 314 g/mol. The van der Waals surface area contributed by atoms with Crippen molar-refractivity contribution in [2.24, 2.45) is 0 Å². The summed E-state index contributed by atoms with van der Waals surface area (Å²) in [7, 11) is 1.31. The Kier molecular flexibility index (Phi) is 3.88. The first-order valence-electron chi connectivity index (χ1n) is 6.51. The van der Waals surface area contributed by atoms with Gasteiger partial charge in [-0.05, 0) is 30.3 Å². The number of carbonyl (C=O) groups is 1. The molecule has 2 aromatic heterocycles. The van der Waals surface area contributed by atoms with E-state index in [4.69, 9.17) is 5.73 Å². The molecular formula is C15H14N4O2S. The smallest absolute Gasteiger partial charge is 0.412 e. The van der Waals surface area contributed by atoms with Crippen LogP contribution in [0.5, 0.6) is 0 Å². The molecule has 0 aliphatic heterocycles. The minimum atomic E-state index is -0.544. The third-order valence-corrected chi connectivity index (χ3v) is 3.90. The van der Waals surface area contributed by atoms with Gasteiger partial charge in [0, 0.05) is 21.7 Å². The quantitative estimate of drug-likeness (QED) is 0.725. The number of pyridine rings is 1. The number of anilines is 2. The van der Waals surface area contributed by atoms with E-state index >= 15 is 0 Å². The fourth-order valence-electron chi connectivity index (χ4n) is 1.96. The average Bonchev–Trinajstić information content (AvgIpc) is 2.88. The van der Waals surface area contributed by atoms with Gasteiger partial charge in [0.1, 0.15) is 5.65 Å². The maximum absolute atomic E-state index is 11.2. The van der Waals surface area contributed by atoms with Gasteiger partial charge >= 0.3 is 6.09 Å². The molecule has 0 unspecified atom stereocenters. The van der Waals surface area contributed by atoms with Crippen LogP contribution in [-0.2, 0) is 4.74 Å². The van der Waals surface area contributed by atoms with Crippen molar-refractivity contribution in [3.05, 3.63) is 48.8 Å². The highest BCUT2D eigenvalue weighted by atomic mass is 32.2. The summed E-state index contributed by atoms with van der Waals surface area (Å²) in [6.45, 7) is 0. The first-order valence-corrected chi connectivity index (χ1v) is 7.33. The highest BCUT2D eigenvalue weighted by Crippen LogP contribution is 2.29. The molecule has 0 fully saturated rings. The molecule has 3 aromatic rings. The molecule has 6 nitrogen and oxygen atoms in total. The van der Waals surface area contributed by atoms with Crippen LogP contribution in [0.4, 0.5) is 16.3 Å². The molecule has 7 heteroatoms. The summed E-state index contributed by atoms with van der Waals surface area (Å²) in [5, 5.41) is 2.54. The number of nitrogens with two attached hydrogens (primary N) is 1. The van der Waals surface area contributed by atoms with Gasteiger partial charge in [0.25, 0.3) is 0 Å². The SMILES string of the molecule is COC(=O)Nc1cn2cc(Sc3cccc(N)c3)ccc2n1. The summed E-state index contributed by atoms with van der Waals surface area (Å²) in [4.78, 5) is 17.6. The normalized spacial score (nSPS) is 10.6. The summed E-state index contributed by atoms with van der Waals surface area (Å²) in [5.41, 5.74) is 7.26. The summed E-state index contributed by atoms with van der Waals surface area (Å²) < 4.78 is 6.40. The van der Waals surface area contributed by atoms with Gasteiger partial charge in [0.05, 0.1) is 13.3 Å². The zero-order valence-corrected chi connectivity index (χ0v) is 12.6. The van der Waals surface area contributed by atoms with E-state index in [9.17, 15) is 4.79 Å². The van der Waals surface area contributed by atoms with Gasteiger partial charge in [0.15, 0.2) is 5.82 Å². The molecule has 0 saturated heterocycles. The Morgan fingerprint density at radius 3 is 2.91 bits per heavy atom. The molecule has 0 atom stereocenters. The van der Waals surface area contributed by atoms with E-state index in [2.05, 4.69) is 15.0 Å². The zero-order valence-electron chi connectivity index (χ0n) is 11.8. The van der Waals surface area contributed by atoms with Gasteiger partial charge in [-0.2, -0.15) is 0 Å². The number of nitrogen functional groups attached to an aromatic ring is 1. The molecule has 0 saturated carbocycles. The number of hydrogen-bond acceptors (Lipinski definition) is 5. The topological polar surface area (TPSA) is 81.6 Å². The van der Waals surface area contributed by atoms with E-state index < -0.39 is 6.09 Å². The number of fused-ring (bicyclic) bond motifs is 1. The van der Waals surface area contributed by atoms with Gasteiger partial charge in [-0.25, -0.2) is 9.78 Å². The predicted molar refractivity (Wildman–Crippen MR) is 86.2 cm³/mol. The lowest BCUT2D eigenvalue weighted by Gasteiger charge is -2.03. The lowest BCUT2D eigenvalue weighted by Crippen LogP contribution is -2.10. The molecule has 0 spiro atoms. The van der Waals surface area contributed by atoms with E-state index in [1.165, 1.54) is 7.11 Å². The molecule has 0 radical (unpaired) electrons. The van der Waals surface area contributed by atoms with Crippen molar-refractivity contribution < 1.29 is 9.53 Å². The minimum Gasteiger partial charge on any atom is -0.453 e. The molecular weight excluding hydrogens is 300 g/mol. The van der Waals surface area contributed by atoms with Crippen molar-refractivity contribution in [3.63, 3.8) is 0 Å². The Balaban J connectivity index is 1.84. The summed E-state index contributed by atoms with van der Waals surface area (Å²) >= 11 is 1.60. The third-order valence-electron chi connectivity index (χ3n) is 2.93. The van der Waals surface area contributed by atoms with Crippen molar-refractivity contribution in [2.75, 3.05) is 18.2 Å². The minimum absolute atomic E-state index is 0.443. The molecule has 0 bridgehead atoms. The fourth-order valence-corrected chi connectivity index (χ4v) is 2.88. The molecule has 112 valence electrons. The standard InChI is InChI=1S/C15H14N4O2S/c1-21-15(20)18-13-9-19-8-12(5-6-14(19)17-13)22-11-4-2-3-10(16)7-11/h2-9H,16H2,1H3,(H,18,20). The first-order chi connectivity index (χ1) is 10.6. The van der Waals surface area contributed by atoms with Crippen LogP contribution in [0.2, 0.25) is 0 Å². The largest absolute Gasteiger partial charge is 0.453 e. The summed E-state index contributed by atoms with van der Waals surface area (Å²) in [5.74, 6) is 0.443. The zero-order chi connectivity index (χ0) is 15.5. The number of ether oxygens (including phenoxy) is 1. The van der Waals surface area contributed by atoms with Crippen molar-refractivity contribution in [2.45, 2.75) is 9.79 Å². The number of imidazole rings is 1. The highest BCUT2D eigenvalue weighted by molar-refractivity contribution is 7.99. The molecule has 2 heterocycles. The Morgan fingerprint density at radius 1 is 1.27 bits per heavy atom. The van der Waals surface area contributed by atoms with Crippen molar-refractivity contribution >= 4 is 35.0 Å². The first kappa shape index (κ1) is 14.3. The number of nitrogens with one attached hydrogen (secondary N) is 1. The maximum atomic E-state index is 11.2. The fraction of sp³-hybridized carbons (Fsp3) is 0.0667. The van der Waals surface area contributed by atoms with Crippen molar-refractivity contribution in [1.82, 2.24) is 9.38 Å². The van der Waals surface area contributed by atoms with E-state index in [0.717, 1.165) is 21.1 Å². The van der Waals surface area contributed by atoms with Crippen LogP contribution in [0.25, 0.3) is 5.65 Å². The van der Waals surface area contributed by atoms with Crippen molar-refractivity contribution in [3.8, 4) is 0 Å². The van der Waals surface area contributed by atoms with Gasteiger partial charge in [-0.1, -0.05) is 17.8 Å². The van der Waals surface area contributed by atoms with E-state index in [1.54, 1.807) is 18.0 Å². The molecule has 1 aromatic carbocycles. The molecule has 0 aliphatic carbocycles. The second kappa shape index (κ2) is 5.98. The molecule has 1 amide bonds. The van der Waals surface area contributed by atoms with Crippen LogP contribution in [0.1, 0.15) is 0 Å². The van der Waals surface area contributed by atoms with Gasteiger partial charge < -0.3 is 14.9 Å². The number of methoxy groups -OCH3 is 1. The Hall–Kier alpha value is -2.67. The van der Waals surface area contributed by atoms with Crippen LogP contribution >= 0.6 is 11.8 Å². The molecule has 3 rings (SSSR count). The van der Waals surface area contributed by atoms with Crippen LogP contribution in [0, 0.1) is 0 Å². The second-order valence-corrected chi connectivity index (χ2v) is 5.69. The monoisotopic (exact) mass is 314 g/mol. The van der Waals surface area contributed by atoms with Crippen LogP contribution < -0.4 is 11.1 Å². The Labute approximate surface area is 131 Å². The second-order valence-electron chi connectivity index (χ2n) is 4.55. The van der Waals surface area contributed by atoms with Crippen LogP contribution in [0.15, 0.2) is 58.6 Å². The third kappa shape index (κ3) is 3.15. The molecule has 3 N–H and O–H groups in total. The lowest BCUT2D eigenvalue weighted by atomic mass is 10.3. The van der Waals surface area contributed by atoms with Gasteiger partial charge in [-0.15, -0.1) is 0 Å². The Morgan fingerprint density at radius 2 is 2.14 bits per heavy atom. The predicted octanol–water partition coefficient (Wildman–Crippen LogP) is 3.25. The summed E-state index contributed by atoms with van der Waals surface area (Å²) in [6, 6.07) is 11.6. The molecule has 0 aliphatic rings. The molecule has 22 heavy (non-hydrogen) atoms. The van der Waals surface area contributed by atoms with Gasteiger partial charge in [0.2, 0.25) is 0 Å². The van der Waals surface area contributed by atoms with Crippen LogP contribution in [0.3, 0.4) is 0 Å². The number of carbonyl (C=O) groups excluding carboxylic acids is 1. The highest BCUT2D eigenvalue weighted by Gasteiger charge is 2.07. The number of hydrogen-bond donors (Lipinski definition) is 2. The van der Waals surface area contributed by atoms with E-state index in [1.807, 2.05) is 47.0 Å². The van der Waals surface area contributed by atoms with E-state index in [-0.39, 0.29) is 0 Å². The maximum Gasteiger partial charge on any atom is 0.412 e. The van der Waals surface area contributed by atoms with Crippen molar-refractivity contribution in [1.29, 1.82) is 0 Å². The number of amides is 1. The lowest BCUT2D eigenvalue weighted by molar-refractivity contribution is 0.187. The Bertz CT molecular complexity index is 831. The number of aromatic nitrogens is 2. The van der Waals surface area contributed by atoms with E-state index in [0.29, 0.717) is 5.82 Å². The summed E-state index contributed by atoms with van der Waals surface area (Å²) in [6.07, 6.45) is 3.13. The number of nitrogens with zero attached hydrogens (tertiary/aromatic N) is 2.